The van der Waals surface area contributed by atoms with E-state index in [2.05, 4.69) is 10.3 Å². The van der Waals surface area contributed by atoms with E-state index < -0.39 is 0 Å². The number of hydrogen-bond acceptors (Lipinski definition) is 4. The Balaban J connectivity index is 1.65. The van der Waals surface area contributed by atoms with Crippen molar-refractivity contribution in [3.8, 4) is 17.1 Å². The van der Waals surface area contributed by atoms with Crippen LogP contribution in [0.25, 0.3) is 11.3 Å². The molecule has 0 saturated carbocycles. The first-order valence-electron chi connectivity index (χ1n) is 7.31. The number of anilines is 1. The number of hydrogen-bond donors (Lipinski definition) is 1. The van der Waals surface area contributed by atoms with Crippen LogP contribution in [0.2, 0.25) is 5.02 Å². The average molecular weight is 343 g/mol. The highest BCUT2D eigenvalue weighted by atomic mass is 35.5. The molecule has 0 radical (unpaired) electrons. The monoisotopic (exact) mass is 342 g/mol. The van der Waals surface area contributed by atoms with Crippen molar-refractivity contribution in [2.24, 2.45) is 0 Å². The van der Waals surface area contributed by atoms with Crippen molar-refractivity contribution >= 4 is 23.2 Å². The third-order valence-corrected chi connectivity index (χ3v) is 3.45. The summed E-state index contributed by atoms with van der Waals surface area (Å²) >= 11 is 5.87. The van der Waals surface area contributed by atoms with Crippen LogP contribution in [-0.4, -0.2) is 10.9 Å². The van der Waals surface area contributed by atoms with Gasteiger partial charge in [0.15, 0.2) is 12.4 Å². The Morgan fingerprint density at radius 1 is 1.25 bits per heavy atom. The number of halogens is 1. The summed E-state index contributed by atoms with van der Waals surface area (Å²) < 4.78 is 11.3. The van der Waals surface area contributed by atoms with Gasteiger partial charge in [0.2, 0.25) is 11.8 Å². The number of nitrogens with zero attached hydrogens (tertiary/aromatic N) is 1. The molecule has 24 heavy (non-hydrogen) atoms. The summed E-state index contributed by atoms with van der Waals surface area (Å²) in [5.41, 5.74) is 1.57. The molecular weight excluding hydrogens is 328 g/mol. The van der Waals surface area contributed by atoms with Gasteiger partial charge >= 0.3 is 0 Å². The van der Waals surface area contributed by atoms with Crippen LogP contribution >= 0.6 is 11.6 Å². The van der Waals surface area contributed by atoms with E-state index in [1.807, 2.05) is 12.1 Å². The summed E-state index contributed by atoms with van der Waals surface area (Å²) in [6.07, 6.45) is 1.65. The SMILES string of the molecule is CC(=O)Nc1cccc(OCc2ncc(-c3ccc(Cl)cc3)o2)c1. The smallest absolute Gasteiger partial charge is 0.232 e. The largest absolute Gasteiger partial charge is 0.484 e. The molecule has 0 unspecified atom stereocenters. The minimum absolute atomic E-state index is 0.132. The van der Waals surface area contributed by atoms with Crippen molar-refractivity contribution < 1.29 is 13.9 Å². The lowest BCUT2D eigenvalue weighted by Gasteiger charge is -2.06. The molecule has 1 N–H and O–H groups in total. The van der Waals surface area contributed by atoms with Crippen LogP contribution in [0.1, 0.15) is 12.8 Å². The topological polar surface area (TPSA) is 64.4 Å². The van der Waals surface area contributed by atoms with E-state index in [1.54, 1.807) is 42.6 Å². The molecule has 0 aliphatic rings. The lowest BCUT2D eigenvalue weighted by Crippen LogP contribution is -2.05. The van der Waals surface area contributed by atoms with Gasteiger partial charge in [0.05, 0.1) is 6.20 Å². The lowest BCUT2D eigenvalue weighted by molar-refractivity contribution is -0.114. The van der Waals surface area contributed by atoms with Crippen LogP contribution < -0.4 is 10.1 Å². The van der Waals surface area contributed by atoms with Gasteiger partial charge in [0.1, 0.15) is 5.75 Å². The third kappa shape index (κ3) is 4.14. The Morgan fingerprint density at radius 3 is 2.79 bits per heavy atom. The van der Waals surface area contributed by atoms with Crippen molar-refractivity contribution in [2.45, 2.75) is 13.5 Å². The number of amides is 1. The first kappa shape index (κ1) is 16.1. The van der Waals surface area contributed by atoms with Crippen LogP contribution in [0, 0.1) is 0 Å². The summed E-state index contributed by atoms with van der Waals surface area (Å²) in [7, 11) is 0. The minimum atomic E-state index is -0.132. The Morgan fingerprint density at radius 2 is 2.04 bits per heavy atom. The third-order valence-electron chi connectivity index (χ3n) is 3.20. The zero-order chi connectivity index (χ0) is 16.9. The van der Waals surface area contributed by atoms with Crippen LogP contribution in [0.15, 0.2) is 59.1 Å². The van der Waals surface area contributed by atoms with E-state index in [0.717, 1.165) is 5.56 Å². The van der Waals surface area contributed by atoms with Crippen LogP contribution in [0.5, 0.6) is 5.75 Å². The quantitative estimate of drug-likeness (QED) is 0.739. The zero-order valence-electron chi connectivity index (χ0n) is 13.0. The first-order valence-corrected chi connectivity index (χ1v) is 7.69. The highest BCUT2D eigenvalue weighted by Crippen LogP contribution is 2.23. The number of nitrogens with one attached hydrogen (secondary N) is 1. The highest BCUT2D eigenvalue weighted by molar-refractivity contribution is 6.30. The van der Waals surface area contributed by atoms with E-state index in [1.165, 1.54) is 6.92 Å². The fraction of sp³-hybridized carbons (Fsp3) is 0.111. The second-order valence-corrected chi connectivity index (χ2v) is 5.56. The predicted molar refractivity (Wildman–Crippen MR) is 92.0 cm³/mol. The molecule has 3 rings (SSSR count). The van der Waals surface area contributed by atoms with Crippen molar-refractivity contribution in [1.82, 2.24) is 4.98 Å². The standard InChI is InChI=1S/C18H15ClN2O3/c1-12(22)21-15-3-2-4-16(9-15)23-11-18-20-10-17(24-18)13-5-7-14(19)8-6-13/h2-10H,11H2,1H3,(H,21,22). The molecule has 0 saturated heterocycles. The van der Waals surface area contributed by atoms with E-state index in [-0.39, 0.29) is 12.5 Å². The molecule has 122 valence electrons. The molecule has 1 amide bonds. The summed E-state index contributed by atoms with van der Waals surface area (Å²) in [4.78, 5) is 15.3. The van der Waals surface area contributed by atoms with E-state index >= 15 is 0 Å². The molecule has 6 heteroatoms. The number of carbonyl (C=O) groups is 1. The van der Waals surface area contributed by atoms with Gasteiger partial charge in [-0.2, -0.15) is 0 Å². The van der Waals surface area contributed by atoms with Gasteiger partial charge in [0.25, 0.3) is 0 Å². The number of aromatic nitrogens is 1. The lowest BCUT2D eigenvalue weighted by atomic mass is 10.2. The van der Waals surface area contributed by atoms with Gasteiger partial charge in [-0.1, -0.05) is 17.7 Å². The van der Waals surface area contributed by atoms with Crippen LogP contribution in [0.4, 0.5) is 5.69 Å². The van der Waals surface area contributed by atoms with Crippen molar-refractivity contribution in [3.63, 3.8) is 0 Å². The molecule has 1 heterocycles. The molecular formula is C18H15ClN2O3. The molecule has 0 fully saturated rings. The number of rotatable bonds is 5. The maximum absolute atomic E-state index is 11.1. The number of benzene rings is 2. The summed E-state index contributed by atoms with van der Waals surface area (Å²) in [5, 5.41) is 3.37. The molecule has 0 aliphatic carbocycles. The number of carbonyl (C=O) groups excluding carboxylic acids is 1. The Labute approximate surface area is 144 Å². The molecule has 0 atom stereocenters. The maximum atomic E-state index is 11.1. The fourth-order valence-corrected chi connectivity index (χ4v) is 2.26. The number of ether oxygens (including phenoxy) is 1. The summed E-state index contributed by atoms with van der Waals surface area (Å²) in [6, 6.07) is 14.5. The van der Waals surface area contributed by atoms with Crippen molar-refractivity contribution in [2.75, 3.05) is 5.32 Å². The molecule has 5 nitrogen and oxygen atoms in total. The van der Waals surface area contributed by atoms with E-state index in [0.29, 0.717) is 28.1 Å². The zero-order valence-corrected chi connectivity index (χ0v) is 13.7. The molecule has 2 aromatic carbocycles. The van der Waals surface area contributed by atoms with Crippen LogP contribution in [-0.2, 0) is 11.4 Å². The fourth-order valence-electron chi connectivity index (χ4n) is 2.14. The predicted octanol–water partition coefficient (Wildman–Crippen LogP) is 4.53. The molecule has 3 aromatic rings. The molecule has 0 spiro atoms. The normalized spacial score (nSPS) is 10.4. The summed E-state index contributed by atoms with van der Waals surface area (Å²) in [5.74, 6) is 1.60. The second-order valence-electron chi connectivity index (χ2n) is 5.12. The van der Waals surface area contributed by atoms with Gasteiger partial charge < -0.3 is 14.5 Å². The van der Waals surface area contributed by atoms with Crippen LogP contribution in [0.3, 0.4) is 0 Å². The van der Waals surface area contributed by atoms with Gasteiger partial charge in [0, 0.05) is 29.3 Å². The average Bonchev–Trinajstić information content (AvgIpc) is 3.02. The first-order chi connectivity index (χ1) is 11.6. The summed E-state index contributed by atoms with van der Waals surface area (Å²) in [6.45, 7) is 1.65. The highest BCUT2D eigenvalue weighted by Gasteiger charge is 2.07. The van der Waals surface area contributed by atoms with Gasteiger partial charge in [-0.05, 0) is 36.4 Å². The van der Waals surface area contributed by atoms with Crippen molar-refractivity contribution in [1.29, 1.82) is 0 Å². The molecule has 0 aliphatic heterocycles. The molecule has 0 bridgehead atoms. The Hall–Kier alpha value is -2.79. The van der Waals surface area contributed by atoms with Crippen molar-refractivity contribution in [3.05, 3.63) is 65.6 Å². The van der Waals surface area contributed by atoms with Gasteiger partial charge in [-0.3, -0.25) is 4.79 Å². The number of oxazole rings is 1. The minimum Gasteiger partial charge on any atom is -0.484 e. The molecule has 1 aromatic heterocycles. The Bertz CT molecular complexity index is 843. The van der Waals surface area contributed by atoms with E-state index in [4.69, 9.17) is 20.8 Å². The van der Waals surface area contributed by atoms with Gasteiger partial charge in [-0.25, -0.2) is 4.98 Å². The van der Waals surface area contributed by atoms with E-state index in [9.17, 15) is 4.79 Å². The maximum Gasteiger partial charge on any atom is 0.232 e. The Kier molecular flexibility index (Phi) is 4.82. The van der Waals surface area contributed by atoms with Gasteiger partial charge in [-0.15, -0.1) is 0 Å². The second kappa shape index (κ2) is 7.19.